The van der Waals surface area contributed by atoms with Gasteiger partial charge in [0.1, 0.15) is 0 Å². The first kappa shape index (κ1) is 14.1. The fourth-order valence-corrected chi connectivity index (χ4v) is 2.64. The summed E-state index contributed by atoms with van der Waals surface area (Å²) in [5.74, 6) is -0.831. The second-order valence-electron chi connectivity index (χ2n) is 5.07. The van der Waals surface area contributed by atoms with E-state index in [1.807, 2.05) is 55.6 Å². The molecule has 0 amide bonds. The van der Waals surface area contributed by atoms with Gasteiger partial charge in [-0.3, -0.25) is 9.78 Å². The van der Waals surface area contributed by atoms with Crippen LogP contribution >= 0.6 is 0 Å². The Morgan fingerprint density at radius 1 is 1.14 bits per heavy atom. The van der Waals surface area contributed by atoms with Gasteiger partial charge in [-0.25, -0.2) is 0 Å². The van der Waals surface area contributed by atoms with Gasteiger partial charge in [0.05, 0.1) is 12.1 Å². The summed E-state index contributed by atoms with van der Waals surface area (Å²) >= 11 is 0. The van der Waals surface area contributed by atoms with Crippen molar-refractivity contribution in [1.82, 2.24) is 4.98 Å². The molecule has 0 spiro atoms. The van der Waals surface area contributed by atoms with Crippen LogP contribution in [0.2, 0.25) is 0 Å². The molecule has 0 unspecified atom stereocenters. The number of nitrogens with zero attached hydrogens (tertiary/aromatic N) is 1. The summed E-state index contributed by atoms with van der Waals surface area (Å²) in [6.07, 6.45) is 1.74. The molecule has 0 saturated heterocycles. The lowest BCUT2D eigenvalue weighted by molar-refractivity contribution is -0.136. The van der Waals surface area contributed by atoms with Crippen molar-refractivity contribution in [1.29, 1.82) is 0 Å². The average Bonchev–Trinajstić information content (AvgIpc) is 2.54. The third-order valence-electron chi connectivity index (χ3n) is 3.66. The van der Waals surface area contributed by atoms with E-state index in [1.54, 1.807) is 6.20 Å². The molecule has 1 heterocycles. The minimum absolute atomic E-state index is 0.0113. The van der Waals surface area contributed by atoms with Crippen LogP contribution in [0.15, 0.2) is 54.7 Å². The summed E-state index contributed by atoms with van der Waals surface area (Å²) in [5, 5.41) is 14.1. The third kappa shape index (κ3) is 2.63. The molecule has 0 radical (unpaired) electrons. The number of pyridine rings is 1. The minimum Gasteiger partial charge on any atom is -0.481 e. The van der Waals surface area contributed by atoms with E-state index in [-0.39, 0.29) is 6.42 Å². The molecule has 110 valence electrons. The van der Waals surface area contributed by atoms with Crippen molar-refractivity contribution in [2.75, 3.05) is 12.4 Å². The van der Waals surface area contributed by atoms with Crippen molar-refractivity contribution in [3.63, 3.8) is 0 Å². The highest BCUT2D eigenvalue weighted by Gasteiger charge is 2.10. The monoisotopic (exact) mass is 292 g/mol. The number of rotatable bonds is 4. The van der Waals surface area contributed by atoms with E-state index >= 15 is 0 Å². The molecule has 2 N–H and O–H groups in total. The van der Waals surface area contributed by atoms with Crippen molar-refractivity contribution in [3.8, 4) is 11.3 Å². The van der Waals surface area contributed by atoms with Crippen LogP contribution in [0.3, 0.4) is 0 Å². The van der Waals surface area contributed by atoms with Crippen molar-refractivity contribution in [2.24, 2.45) is 0 Å². The number of anilines is 1. The van der Waals surface area contributed by atoms with Crippen molar-refractivity contribution in [3.05, 3.63) is 60.3 Å². The number of hydrogen-bond donors (Lipinski definition) is 2. The summed E-state index contributed by atoms with van der Waals surface area (Å²) < 4.78 is 0. The number of carboxylic acid groups (broad SMARTS) is 1. The Labute approximate surface area is 128 Å². The van der Waals surface area contributed by atoms with Gasteiger partial charge in [-0.15, -0.1) is 0 Å². The molecule has 4 nitrogen and oxygen atoms in total. The number of carbonyl (C=O) groups is 1. The molecule has 1 aromatic heterocycles. The van der Waals surface area contributed by atoms with E-state index in [2.05, 4.69) is 10.3 Å². The van der Waals surface area contributed by atoms with Gasteiger partial charge in [0.2, 0.25) is 0 Å². The number of aromatic nitrogens is 1. The van der Waals surface area contributed by atoms with Gasteiger partial charge >= 0.3 is 5.97 Å². The molecule has 0 aliphatic heterocycles. The smallest absolute Gasteiger partial charge is 0.307 e. The van der Waals surface area contributed by atoms with Crippen LogP contribution in [-0.2, 0) is 11.2 Å². The Kier molecular flexibility index (Phi) is 3.74. The van der Waals surface area contributed by atoms with Crippen molar-refractivity contribution < 1.29 is 9.90 Å². The molecule has 3 rings (SSSR count). The normalized spacial score (nSPS) is 10.6. The summed E-state index contributed by atoms with van der Waals surface area (Å²) in [6.45, 7) is 0. The first-order chi connectivity index (χ1) is 10.7. The lowest BCUT2D eigenvalue weighted by atomic mass is 9.98. The minimum atomic E-state index is -0.831. The fourth-order valence-electron chi connectivity index (χ4n) is 2.64. The molecule has 0 bridgehead atoms. The molecule has 0 atom stereocenters. The van der Waals surface area contributed by atoms with E-state index in [1.165, 1.54) is 0 Å². The van der Waals surface area contributed by atoms with E-state index in [4.69, 9.17) is 5.11 Å². The second-order valence-corrected chi connectivity index (χ2v) is 5.07. The predicted octanol–water partition coefficient (Wildman–Crippen LogP) is 3.57. The Balaban J connectivity index is 2.20. The molecule has 4 heteroatoms. The molecule has 0 aliphatic rings. The zero-order valence-electron chi connectivity index (χ0n) is 12.2. The highest BCUT2D eigenvalue weighted by molar-refractivity contribution is 5.97. The lowest BCUT2D eigenvalue weighted by Crippen LogP contribution is -2.01. The molecule has 0 saturated carbocycles. The topological polar surface area (TPSA) is 62.2 Å². The largest absolute Gasteiger partial charge is 0.481 e. The van der Waals surface area contributed by atoms with Crippen LogP contribution in [0.4, 0.5) is 5.69 Å². The standard InChI is InChI=1S/C18H16N2O2/c1-19-14-6-2-5-13(10-14)18-16-7-3-4-12(11-17(21)22)15(16)8-9-20-18/h2-10,19H,11H2,1H3,(H,21,22). The predicted molar refractivity (Wildman–Crippen MR) is 88.1 cm³/mol. The lowest BCUT2D eigenvalue weighted by Gasteiger charge is -2.10. The Hall–Kier alpha value is -2.88. The van der Waals surface area contributed by atoms with Crippen LogP contribution in [0.1, 0.15) is 5.56 Å². The van der Waals surface area contributed by atoms with Gasteiger partial charge in [0, 0.05) is 29.9 Å². The van der Waals surface area contributed by atoms with Gasteiger partial charge in [0.15, 0.2) is 0 Å². The maximum Gasteiger partial charge on any atom is 0.307 e. The zero-order valence-corrected chi connectivity index (χ0v) is 12.2. The number of nitrogens with one attached hydrogen (secondary N) is 1. The molecule has 3 aromatic rings. The van der Waals surface area contributed by atoms with E-state index in [0.29, 0.717) is 0 Å². The molecule has 22 heavy (non-hydrogen) atoms. The quantitative estimate of drug-likeness (QED) is 0.771. The van der Waals surface area contributed by atoms with Gasteiger partial charge in [-0.05, 0) is 29.1 Å². The van der Waals surface area contributed by atoms with Gasteiger partial charge in [-0.2, -0.15) is 0 Å². The SMILES string of the molecule is CNc1cccc(-c2nccc3c(CC(=O)O)cccc23)c1. The molecular formula is C18H16N2O2. The number of carboxylic acids is 1. The summed E-state index contributed by atoms with van der Waals surface area (Å²) in [4.78, 5) is 15.5. The van der Waals surface area contributed by atoms with Crippen molar-refractivity contribution in [2.45, 2.75) is 6.42 Å². The van der Waals surface area contributed by atoms with Gasteiger partial charge in [-0.1, -0.05) is 30.3 Å². The Morgan fingerprint density at radius 3 is 2.73 bits per heavy atom. The molecule has 0 aliphatic carbocycles. The van der Waals surface area contributed by atoms with Gasteiger partial charge < -0.3 is 10.4 Å². The third-order valence-corrected chi connectivity index (χ3v) is 3.66. The summed E-state index contributed by atoms with van der Waals surface area (Å²) in [6, 6.07) is 15.6. The molecule has 0 fully saturated rings. The number of fused-ring (bicyclic) bond motifs is 1. The van der Waals surface area contributed by atoms with Crippen LogP contribution in [0.25, 0.3) is 22.0 Å². The summed E-state index contributed by atoms with van der Waals surface area (Å²) in [7, 11) is 1.88. The van der Waals surface area contributed by atoms with Gasteiger partial charge in [0.25, 0.3) is 0 Å². The van der Waals surface area contributed by atoms with Crippen LogP contribution < -0.4 is 5.32 Å². The first-order valence-corrected chi connectivity index (χ1v) is 7.05. The maximum absolute atomic E-state index is 11.0. The second kappa shape index (κ2) is 5.85. The molecular weight excluding hydrogens is 276 g/mol. The Morgan fingerprint density at radius 2 is 1.95 bits per heavy atom. The summed E-state index contributed by atoms with van der Waals surface area (Å²) in [5.41, 5.74) is 3.68. The van der Waals surface area contributed by atoms with E-state index in [9.17, 15) is 4.79 Å². The highest BCUT2D eigenvalue weighted by atomic mass is 16.4. The maximum atomic E-state index is 11.0. The van der Waals surface area contributed by atoms with Crippen molar-refractivity contribution >= 4 is 22.4 Å². The number of hydrogen-bond acceptors (Lipinski definition) is 3. The van der Waals surface area contributed by atoms with Crippen LogP contribution in [0.5, 0.6) is 0 Å². The Bertz CT molecular complexity index is 843. The highest BCUT2D eigenvalue weighted by Crippen LogP contribution is 2.29. The van der Waals surface area contributed by atoms with E-state index in [0.717, 1.165) is 33.3 Å². The van der Waals surface area contributed by atoms with Crippen LogP contribution in [-0.4, -0.2) is 23.1 Å². The molecule has 2 aromatic carbocycles. The number of benzene rings is 2. The van der Waals surface area contributed by atoms with Crippen LogP contribution in [0, 0.1) is 0 Å². The average molecular weight is 292 g/mol. The number of aliphatic carboxylic acids is 1. The zero-order chi connectivity index (χ0) is 15.5. The van der Waals surface area contributed by atoms with E-state index < -0.39 is 5.97 Å². The fraction of sp³-hybridized carbons (Fsp3) is 0.111. The first-order valence-electron chi connectivity index (χ1n) is 7.05.